The molecule has 5 atom stereocenters. The summed E-state index contributed by atoms with van der Waals surface area (Å²) in [6.07, 6.45) is 7.53. The Balaban J connectivity index is 1.44. The van der Waals surface area contributed by atoms with Gasteiger partial charge in [0.25, 0.3) is 0 Å². The molecule has 2 fully saturated rings. The van der Waals surface area contributed by atoms with Gasteiger partial charge in [0.05, 0.1) is 12.7 Å². The smallest absolute Gasteiger partial charge is 0.119 e. The van der Waals surface area contributed by atoms with Crippen molar-refractivity contribution in [1.82, 2.24) is 0 Å². The van der Waals surface area contributed by atoms with Crippen LogP contribution in [-0.4, -0.2) is 17.8 Å². The molecule has 3 aliphatic rings. The molecule has 3 unspecified atom stereocenters. The van der Waals surface area contributed by atoms with Gasteiger partial charge in [-0.25, -0.2) is 0 Å². The third kappa shape index (κ3) is 2.99. The van der Waals surface area contributed by atoms with Gasteiger partial charge in [-0.2, -0.15) is 0 Å². The van der Waals surface area contributed by atoms with Crippen LogP contribution in [-0.2, 0) is 12.8 Å². The third-order valence-electron chi connectivity index (χ3n) is 8.70. The first-order valence-electron chi connectivity index (χ1n) is 11.1. The lowest BCUT2D eigenvalue weighted by Crippen LogP contribution is -2.51. The molecule has 0 aliphatic heterocycles. The highest BCUT2D eigenvalue weighted by molar-refractivity contribution is 9.10. The summed E-state index contributed by atoms with van der Waals surface area (Å²) in [5, 5.41) is 11.9. The van der Waals surface area contributed by atoms with E-state index in [4.69, 9.17) is 4.74 Å². The first kappa shape index (κ1) is 19.6. The van der Waals surface area contributed by atoms with E-state index in [0.29, 0.717) is 17.8 Å². The van der Waals surface area contributed by atoms with E-state index in [-0.39, 0.29) is 5.41 Å². The Morgan fingerprint density at radius 1 is 1.10 bits per heavy atom. The van der Waals surface area contributed by atoms with Gasteiger partial charge in [0.1, 0.15) is 5.75 Å². The number of hydrogen-bond acceptors (Lipinski definition) is 2. The van der Waals surface area contributed by atoms with Crippen LogP contribution in [0.2, 0.25) is 0 Å². The summed E-state index contributed by atoms with van der Waals surface area (Å²) in [5.41, 5.74) is 3.67. The van der Waals surface area contributed by atoms with Crippen LogP contribution in [0.5, 0.6) is 5.75 Å². The molecule has 3 aliphatic carbocycles. The number of fused-ring (bicyclic) bond motifs is 5. The lowest BCUT2D eigenvalue weighted by atomic mass is 9.53. The molecule has 0 spiro atoms. The van der Waals surface area contributed by atoms with Crippen molar-refractivity contribution in [2.45, 2.75) is 63.4 Å². The summed E-state index contributed by atoms with van der Waals surface area (Å²) in [6, 6.07) is 15.1. The molecule has 2 saturated carbocycles. The first-order valence-corrected chi connectivity index (χ1v) is 11.9. The molecule has 2 aromatic carbocycles. The van der Waals surface area contributed by atoms with E-state index < -0.39 is 5.60 Å². The van der Waals surface area contributed by atoms with Crippen LogP contribution in [0, 0.1) is 17.3 Å². The van der Waals surface area contributed by atoms with Crippen molar-refractivity contribution >= 4 is 15.9 Å². The van der Waals surface area contributed by atoms with Crippen LogP contribution >= 0.6 is 15.9 Å². The van der Waals surface area contributed by atoms with Crippen molar-refractivity contribution in [3.05, 3.63) is 63.6 Å². The number of aliphatic hydroxyl groups is 1. The van der Waals surface area contributed by atoms with Gasteiger partial charge in [0, 0.05) is 10.9 Å². The maximum absolute atomic E-state index is 11.9. The molecule has 3 heteroatoms. The quantitative estimate of drug-likeness (QED) is 0.590. The van der Waals surface area contributed by atoms with E-state index in [1.807, 2.05) is 0 Å². The Kier molecular flexibility index (Phi) is 4.83. The van der Waals surface area contributed by atoms with E-state index in [2.05, 4.69) is 65.3 Å². The zero-order valence-corrected chi connectivity index (χ0v) is 19.0. The SMILES string of the molecule is COc1ccc2c(c1)CCC1C2CC[C@]2(C)C1CC[C@]2(O)Cc1ccccc1Br. The third-order valence-corrected chi connectivity index (χ3v) is 9.47. The van der Waals surface area contributed by atoms with E-state index in [1.165, 1.54) is 24.0 Å². The van der Waals surface area contributed by atoms with Crippen LogP contribution in [0.15, 0.2) is 46.9 Å². The first-order chi connectivity index (χ1) is 13.9. The van der Waals surface area contributed by atoms with Gasteiger partial charge in [-0.1, -0.05) is 47.1 Å². The van der Waals surface area contributed by atoms with Gasteiger partial charge < -0.3 is 9.84 Å². The van der Waals surface area contributed by atoms with Crippen molar-refractivity contribution in [3.8, 4) is 5.75 Å². The number of ether oxygens (including phenoxy) is 1. The van der Waals surface area contributed by atoms with E-state index in [0.717, 1.165) is 42.3 Å². The minimum atomic E-state index is -0.604. The number of benzene rings is 2. The maximum Gasteiger partial charge on any atom is 0.119 e. The average Bonchev–Trinajstić information content (AvgIpc) is 3.00. The fourth-order valence-electron chi connectivity index (χ4n) is 7.04. The van der Waals surface area contributed by atoms with Crippen molar-refractivity contribution in [3.63, 3.8) is 0 Å². The molecular formula is C26H31BrO2. The second-order valence-electron chi connectivity index (χ2n) is 9.77. The van der Waals surface area contributed by atoms with Crippen LogP contribution in [0.1, 0.15) is 61.6 Å². The highest BCUT2D eigenvalue weighted by atomic mass is 79.9. The highest BCUT2D eigenvalue weighted by Gasteiger charge is 2.61. The van der Waals surface area contributed by atoms with Gasteiger partial charge >= 0.3 is 0 Å². The zero-order valence-electron chi connectivity index (χ0n) is 17.5. The molecule has 29 heavy (non-hydrogen) atoms. The lowest BCUT2D eigenvalue weighted by Gasteiger charge is -2.53. The Labute approximate surface area is 182 Å². The van der Waals surface area contributed by atoms with Gasteiger partial charge in [0.15, 0.2) is 0 Å². The fraction of sp³-hybridized carbons (Fsp3) is 0.538. The monoisotopic (exact) mass is 454 g/mol. The molecule has 0 heterocycles. The predicted octanol–water partition coefficient (Wildman–Crippen LogP) is 6.29. The summed E-state index contributed by atoms with van der Waals surface area (Å²) in [5.74, 6) is 2.94. The Hall–Kier alpha value is -1.32. The second-order valence-corrected chi connectivity index (χ2v) is 10.6. The molecule has 0 saturated heterocycles. The van der Waals surface area contributed by atoms with Crippen LogP contribution in [0.3, 0.4) is 0 Å². The Morgan fingerprint density at radius 3 is 2.72 bits per heavy atom. The molecule has 2 nitrogen and oxygen atoms in total. The topological polar surface area (TPSA) is 29.5 Å². The summed E-state index contributed by atoms with van der Waals surface area (Å²) >= 11 is 3.70. The van der Waals surface area contributed by atoms with Gasteiger partial charge in [0.2, 0.25) is 0 Å². The number of halogens is 1. The number of methoxy groups -OCH3 is 1. The van der Waals surface area contributed by atoms with E-state index >= 15 is 0 Å². The summed E-state index contributed by atoms with van der Waals surface area (Å²) in [4.78, 5) is 0. The number of hydrogen-bond donors (Lipinski definition) is 1. The van der Waals surface area contributed by atoms with Gasteiger partial charge in [-0.15, -0.1) is 0 Å². The molecule has 2 aromatic rings. The van der Waals surface area contributed by atoms with Crippen LogP contribution in [0.4, 0.5) is 0 Å². The Bertz CT molecular complexity index is 925. The van der Waals surface area contributed by atoms with E-state index in [1.54, 1.807) is 12.7 Å². The standard InChI is InChI=1S/C26H31BrO2/c1-25-13-11-21-20-10-8-19(29-2)15-17(20)7-9-22(21)23(25)12-14-26(25,28)16-18-5-3-4-6-24(18)27/h3-6,8,10,15,21-23,28H,7,9,11-14,16H2,1-2H3/t21?,22?,23?,25-,26+/m1/s1. The fourth-order valence-corrected chi connectivity index (χ4v) is 7.47. The molecule has 1 N–H and O–H groups in total. The predicted molar refractivity (Wildman–Crippen MR) is 120 cm³/mol. The summed E-state index contributed by atoms with van der Waals surface area (Å²) in [7, 11) is 1.75. The zero-order chi connectivity index (χ0) is 20.2. The van der Waals surface area contributed by atoms with Crippen LogP contribution in [0.25, 0.3) is 0 Å². The van der Waals surface area contributed by atoms with Crippen LogP contribution < -0.4 is 4.74 Å². The normalized spacial score (nSPS) is 35.5. The van der Waals surface area contributed by atoms with Gasteiger partial charge in [-0.3, -0.25) is 0 Å². The number of aryl methyl sites for hydroxylation is 1. The molecule has 154 valence electrons. The van der Waals surface area contributed by atoms with Gasteiger partial charge in [-0.05, 0) is 96.6 Å². The number of rotatable bonds is 3. The molecular weight excluding hydrogens is 424 g/mol. The van der Waals surface area contributed by atoms with Crippen molar-refractivity contribution in [2.75, 3.05) is 7.11 Å². The van der Waals surface area contributed by atoms with Crippen molar-refractivity contribution in [2.24, 2.45) is 17.3 Å². The molecule has 0 radical (unpaired) electrons. The summed E-state index contributed by atoms with van der Waals surface area (Å²) in [6.45, 7) is 2.39. The largest absolute Gasteiger partial charge is 0.497 e. The highest BCUT2D eigenvalue weighted by Crippen LogP contribution is 2.65. The summed E-state index contributed by atoms with van der Waals surface area (Å²) < 4.78 is 6.58. The second kappa shape index (κ2) is 7.13. The minimum Gasteiger partial charge on any atom is -0.497 e. The average molecular weight is 455 g/mol. The molecule has 0 amide bonds. The minimum absolute atomic E-state index is 0.00736. The maximum atomic E-state index is 11.9. The Morgan fingerprint density at radius 2 is 1.93 bits per heavy atom. The van der Waals surface area contributed by atoms with Crippen molar-refractivity contribution < 1.29 is 9.84 Å². The molecule has 5 rings (SSSR count). The van der Waals surface area contributed by atoms with Crippen molar-refractivity contribution in [1.29, 1.82) is 0 Å². The van der Waals surface area contributed by atoms with E-state index in [9.17, 15) is 5.11 Å². The lowest BCUT2D eigenvalue weighted by molar-refractivity contribution is -0.102. The molecule has 0 bridgehead atoms. The molecule has 0 aromatic heterocycles.